The summed E-state index contributed by atoms with van der Waals surface area (Å²) in [5.41, 5.74) is 2.79. The minimum atomic E-state index is -0.200. The van der Waals surface area contributed by atoms with Crippen molar-refractivity contribution in [3.05, 3.63) is 65.7 Å². The normalized spacial score (nSPS) is 10.6. The summed E-state index contributed by atoms with van der Waals surface area (Å²) in [7, 11) is 0. The Morgan fingerprint density at radius 2 is 1.79 bits per heavy atom. The van der Waals surface area contributed by atoms with Crippen LogP contribution in [0.3, 0.4) is 0 Å². The van der Waals surface area contributed by atoms with E-state index >= 15 is 0 Å². The van der Waals surface area contributed by atoms with Gasteiger partial charge in [-0.25, -0.2) is 0 Å². The Morgan fingerprint density at radius 1 is 1.11 bits per heavy atom. The fourth-order valence-electron chi connectivity index (χ4n) is 1.67. The topological polar surface area (TPSA) is 49.3 Å². The average molecular weight is 253 g/mol. The second-order valence-electron chi connectivity index (χ2n) is 4.23. The van der Waals surface area contributed by atoms with E-state index in [1.54, 1.807) is 18.2 Å². The Hall–Kier alpha value is -2.55. The van der Waals surface area contributed by atoms with Gasteiger partial charge in [0.2, 0.25) is 5.91 Å². The molecule has 0 radical (unpaired) electrons. The number of hydrogen-bond donors (Lipinski definition) is 2. The van der Waals surface area contributed by atoms with Gasteiger partial charge >= 0.3 is 0 Å². The Labute approximate surface area is 112 Å². The molecule has 0 aliphatic heterocycles. The first-order valence-corrected chi connectivity index (χ1v) is 5.99. The highest BCUT2D eigenvalue weighted by atomic mass is 16.3. The van der Waals surface area contributed by atoms with Crippen LogP contribution >= 0.6 is 0 Å². The number of carbonyl (C=O) groups is 1. The van der Waals surface area contributed by atoms with Crippen LogP contribution in [0.5, 0.6) is 5.75 Å². The van der Waals surface area contributed by atoms with Crippen molar-refractivity contribution >= 4 is 17.7 Å². The molecule has 0 fully saturated rings. The molecule has 0 aliphatic rings. The molecule has 0 bridgehead atoms. The molecule has 2 N–H and O–H groups in total. The Morgan fingerprint density at radius 3 is 2.47 bits per heavy atom. The number of benzene rings is 2. The van der Waals surface area contributed by atoms with Crippen LogP contribution in [0.4, 0.5) is 5.69 Å². The average Bonchev–Trinajstić information content (AvgIpc) is 2.40. The Kier molecular flexibility index (Phi) is 3.98. The molecule has 2 rings (SSSR count). The largest absolute Gasteiger partial charge is 0.508 e. The van der Waals surface area contributed by atoms with E-state index in [0.29, 0.717) is 5.69 Å². The summed E-state index contributed by atoms with van der Waals surface area (Å²) >= 11 is 0. The number of nitrogens with one attached hydrogen (secondary N) is 1. The van der Waals surface area contributed by atoms with Gasteiger partial charge in [-0.05, 0) is 48.4 Å². The molecule has 0 atom stereocenters. The van der Waals surface area contributed by atoms with Crippen molar-refractivity contribution in [1.82, 2.24) is 0 Å². The number of phenols is 1. The highest BCUT2D eigenvalue weighted by Gasteiger charge is 1.98. The smallest absolute Gasteiger partial charge is 0.248 e. The molecule has 96 valence electrons. The molecule has 2 aromatic carbocycles. The molecule has 0 saturated carbocycles. The first-order chi connectivity index (χ1) is 9.15. The summed E-state index contributed by atoms with van der Waals surface area (Å²) in [6.07, 6.45) is 3.28. The van der Waals surface area contributed by atoms with E-state index in [2.05, 4.69) is 5.32 Å². The van der Waals surface area contributed by atoms with Crippen molar-refractivity contribution in [3.63, 3.8) is 0 Å². The van der Waals surface area contributed by atoms with Gasteiger partial charge in [-0.3, -0.25) is 4.79 Å². The lowest BCUT2D eigenvalue weighted by molar-refractivity contribution is -0.111. The van der Waals surface area contributed by atoms with Gasteiger partial charge in [0.25, 0.3) is 0 Å². The predicted molar refractivity (Wildman–Crippen MR) is 76.9 cm³/mol. The second-order valence-corrected chi connectivity index (χ2v) is 4.23. The number of rotatable bonds is 3. The van der Waals surface area contributed by atoms with Crippen LogP contribution in [0, 0.1) is 6.92 Å². The van der Waals surface area contributed by atoms with Crippen molar-refractivity contribution in [3.8, 4) is 5.75 Å². The van der Waals surface area contributed by atoms with E-state index in [1.807, 2.05) is 31.2 Å². The second kappa shape index (κ2) is 5.87. The lowest BCUT2D eigenvalue weighted by Crippen LogP contribution is -2.07. The number of carbonyl (C=O) groups excluding carboxylic acids is 1. The third kappa shape index (κ3) is 3.71. The summed E-state index contributed by atoms with van der Waals surface area (Å²) in [6, 6.07) is 14.2. The summed E-state index contributed by atoms with van der Waals surface area (Å²) in [6.45, 7) is 2.00. The van der Waals surface area contributed by atoms with Crippen molar-refractivity contribution in [2.75, 3.05) is 5.32 Å². The quantitative estimate of drug-likeness (QED) is 0.651. The maximum atomic E-state index is 11.7. The molecule has 0 heterocycles. The molecule has 2 aromatic rings. The van der Waals surface area contributed by atoms with E-state index in [-0.39, 0.29) is 11.7 Å². The number of aromatic hydroxyl groups is 1. The van der Waals surface area contributed by atoms with E-state index in [4.69, 9.17) is 5.11 Å². The van der Waals surface area contributed by atoms with Gasteiger partial charge in [0, 0.05) is 11.8 Å². The van der Waals surface area contributed by atoms with Gasteiger partial charge in [-0.1, -0.05) is 24.3 Å². The molecule has 19 heavy (non-hydrogen) atoms. The van der Waals surface area contributed by atoms with Crippen molar-refractivity contribution in [1.29, 1.82) is 0 Å². The van der Waals surface area contributed by atoms with E-state index in [9.17, 15) is 4.79 Å². The molecule has 0 aliphatic carbocycles. The highest BCUT2D eigenvalue weighted by Crippen LogP contribution is 2.14. The summed E-state index contributed by atoms with van der Waals surface area (Å²) < 4.78 is 0. The van der Waals surface area contributed by atoms with Gasteiger partial charge in [0.15, 0.2) is 0 Å². The van der Waals surface area contributed by atoms with E-state index < -0.39 is 0 Å². The summed E-state index contributed by atoms with van der Waals surface area (Å²) in [5, 5.41) is 11.9. The first kappa shape index (κ1) is 12.9. The fraction of sp³-hybridized carbons (Fsp3) is 0.0625. The van der Waals surface area contributed by atoms with Crippen LogP contribution in [0.25, 0.3) is 6.08 Å². The Balaban J connectivity index is 2.02. The van der Waals surface area contributed by atoms with Crippen molar-refractivity contribution in [2.45, 2.75) is 6.92 Å². The van der Waals surface area contributed by atoms with Crippen molar-refractivity contribution in [2.24, 2.45) is 0 Å². The van der Waals surface area contributed by atoms with Crippen LogP contribution in [0.1, 0.15) is 11.1 Å². The van der Waals surface area contributed by atoms with Crippen molar-refractivity contribution < 1.29 is 9.90 Å². The van der Waals surface area contributed by atoms with Crippen LogP contribution in [-0.4, -0.2) is 11.0 Å². The van der Waals surface area contributed by atoms with E-state index in [0.717, 1.165) is 11.1 Å². The van der Waals surface area contributed by atoms with Gasteiger partial charge < -0.3 is 10.4 Å². The number of amides is 1. The molecule has 0 unspecified atom stereocenters. The van der Waals surface area contributed by atoms with Crippen LogP contribution in [0.2, 0.25) is 0 Å². The number of hydrogen-bond acceptors (Lipinski definition) is 2. The number of anilines is 1. The lowest BCUT2D eigenvalue weighted by atomic mass is 10.1. The molecule has 1 amide bonds. The fourth-order valence-corrected chi connectivity index (χ4v) is 1.67. The molecule has 3 nitrogen and oxygen atoms in total. The standard InChI is InChI=1S/C16H15NO2/c1-12-4-2-3-5-13(12)6-11-16(19)17-14-7-9-15(18)10-8-14/h2-11,18H,1H3,(H,17,19). The number of phenolic OH excluding ortho intramolecular Hbond substituents is 1. The lowest BCUT2D eigenvalue weighted by Gasteiger charge is -2.02. The summed E-state index contributed by atoms with van der Waals surface area (Å²) in [5.74, 6) is -0.0256. The first-order valence-electron chi connectivity index (χ1n) is 5.99. The van der Waals surface area contributed by atoms with Gasteiger partial charge in [-0.15, -0.1) is 0 Å². The molecule has 0 saturated heterocycles. The molecule has 3 heteroatoms. The molecular formula is C16H15NO2. The van der Waals surface area contributed by atoms with Crippen LogP contribution in [-0.2, 0) is 4.79 Å². The maximum absolute atomic E-state index is 11.7. The SMILES string of the molecule is Cc1ccccc1C=CC(=O)Nc1ccc(O)cc1. The zero-order chi connectivity index (χ0) is 13.7. The number of aryl methyl sites for hydroxylation is 1. The third-order valence-electron chi connectivity index (χ3n) is 2.74. The third-order valence-corrected chi connectivity index (χ3v) is 2.74. The highest BCUT2D eigenvalue weighted by molar-refractivity contribution is 6.02. The zero-order valence-electron chi connectivity index (χ0n) is 10.6. The van der Waals surface area contributed by atoms with Gasteiger partial charge in [0.05, 0.1) is 0 Å². The van der Waals surface area contributed by atoms with E-state index in [1.165, 1.54) is 18.2 Å². The van der Waals surface area contributed by atoms with Gasteiger partial charge in [0.1, 0.15) is 5.75 Å². The molecule has 0 aromatic heterocycles. The van der Waals surface area contributed by atoms with Crippen LogP contribution in [0.15, 0.2) is 54.6 Å². The molecule has 0 spiro atoms. The van der Waals surface area contributed by atoms with Crippen LogP contribution < -0.4 is 5.32 Å². The minimum Gasteiger partial charge on any atom is -0.508 e. The summed E-state index contributed by atoms with van der Waals surface area (Å²) in [4.78, 5) is 11.7. The molecular weight excluding hydrogens is 238 g/mol. The maximum Gasteiger partial charge on any atom is 0.248 e. The Bertz CT molecular complexity index is 600. The van der Waals surface area contributed by atoms with Gasteiger partial charge in [-0.2, -0.15) is 0 Å². The monoisotopic (exact) mass is 253 g/mol. The predicted octanol–water partition coefficient (Wildman–Crippen LogP) is 3.35. The zero-order valence-corrected chi connectivity index (χ0v) is 10.6. The minimum absolute atomic E-state index is 0.174.